The topological polar surface area (TPSA) is 70.4 Å². The van der Waals surface area contributed by atoms with Crippen LogP contribution in [-0.2, 0) is 13.0 Å². The van der Waals surface area contributed by atoms with Crippen LogP contribution in [0.5, 0.6) is 0 Å². The van der Waals surface area contributed by atoms with Crippen molar-refractivity contribution in [2.24, 2.45) is 4.99 Å². The van der Waals surface area contributed by atoms with Crippen LogP contribution >= 0.6 is 0 Å². The van der Waals surface area contributed by atoms with Gasteiger partial charge in [0.15, 0.2) is 5.96 Å². The van der Waals surface area contributed by atoms with Crippen molar-refractivity contribution in [3.63, 3.8) is 0 Å². The predicted octanol–water partition coefficient (Wildman–Crippen LogP) is 2.63. The number of pyridine rings is 1. The van der Waals surface area contributed by atoms with Crippen LogP contribution in [0.3, 0.4) is 0 Å². The van der Waals surface area contributed by atoms with Crippen molar-refractivity contribution in [3.8, 4) is 5.69 Å². The number of hydrogen-bond acceptors (Lipinski definition) is 4. The van der Waals surface area contributed by atoms with E-state index >= 15 is 0 Å². The highest BCUT2D eigenvalue weighted by Crippen LogP contribution is 2.10. The van der Waals surface area contributed by atoms with Crippen LogP contribution in [0, 0.1) is 0 Å². The Morgan fingerprint density at radius 2 is 1.90 bits per heavy atom. The molecular formula is C22H29N7. The van der Waals surface area contributed by atoms with E-state index in [4.69, 9.17) is 0 Å². The van der Waals surface area contributed by atoms with E-state index in [1.165, 1.54) is 5.56 Å². The van der Waals surface area contributed by atoms with Crippen molar-refractivity contribution in [1.82, 2.24) is 25.4 Å². The third kappa shape index (κ3) is 6.07. The first-order valence-electron chi connectivity index (χ1n) is 9.90. The summed E-state index contributed by atoms with van der Waals surface area (Å²) < 4.78 is 1.86. The molecule has 152 valence electrons. The Morgan fingerprint density at radius 3 is 2.59 bits per heavy atom. The number of anilines is 1. The number of benzene rings is 1. The first-order chi connectivity index (χ1) is 14.2. The summed E-state index contributed by atoms with van der Waals surface area (Å²) in [5.74, 6) is 1.74. The van der Waals surface area contributed by atoms with E-state index in [2.05, 4.69) is 56.9 Å². The van der Waals surface area contributed by atoms with E-state index in [-0.39, 0.29) is 0 Å². The third-order valence-corrected chi connectivity index (χ3v) is 4.41. The van der Waals surface area contributed by atoms with Crippen LogP contribution < -0.4 is 15.5 Å². The lowest BCUT2D eigenvalue weighted by Crippen LogP contribution is -2.38. The molecule has 0 atom stereocenters. The molecule has 0 bridgehead atoms. The number of aliphatic imine (C=N–C) groups is 1. The Morgan fingerprint density at radius 1 is 1.07 bits per heavy atom. The first kappa shape index (κ1) is 20.4. The number of nitrogens with zero attached hydrogens (tertiary/aromatic N) is 5. The minimum atomic E-state index is 0.537. The van der Waals surface area contributed by atoms with Crippen LogP contribution in [0.1, 0.15) is 18.2 Å². The Labute approximate surface area is 172 Å². The summed E-state index contributed by atoms with van der Waals surface area (Å²) >= 11 is 0. The molecule has 7 nitrogen and oxygen atoms in total. The fourth-order valence-electron chi connectivity index (χ4n) is 2.87. The Bertz CT molecular complexity index is 899. The molecule has 0 saturated heterocycles. The van der Waals surface area contributed by atoms with Gasteiger partial charge >= 0.3 is 0 Å². The normalized spacial score (nSPS) is 11.3. The van der Waals surface area contributed by atoms with Crippen LogP contribution in [0.15, 0.2) is 65.9 Å². The molecule has 0 spiro atoms. The zero-order valence-corrected chi connectivity index (χ0v) is 17.3. The molecule has 0 aliphatic carbocycles. The van der Waals surface area contributed by atoms with Crippen molar-refractivity contribution >= 4 is 11.8 Å². The summed E-state index contributed by atoms with van der Waals surface area (Å²) in [5.41, 5.74) is 3.28. The Hall–Kier alpha value is -3.35. The largest absolute Gasteiger partial charge is 0.363 e. The minimum absolute atomic E-state index is 0.537. The quantitative estimate of drug-likeness (QED) is 0.456. The van der Waals surface area contributed by atoms with Crippen LogP contribution in [0.25, 0.3) is 5.69 Å². The van der Waals surface area contributed by atoms with Crippen molar-refractivity contribution in [2.75, 3.05) is 32.1 Å². The van der Waals surface area contributed by atoms with Gasteiger partial charge in [0.1, 0.15) is 5.82 Å². The Balaban J connectivity index is 1.53. The minimum Gasteiger partial charge on any atom is -0.363 e. The molecule has 2 aromatic heterocycles. The van der Waals surface area contributed by atoms with Crippen molar-refractivity contribution in [3.05, 3.63) is 72.2 Å². The highest BCUT2D eigenvalue weighted by molar-refractivity contribution is 5.79. The van der Waals surface area contributed by atoms with E-state index < -0.39 is 0 Å². The molecule has 0 aliphatic rings. The molecule has 7 heteroatoms. The number of aromatic nitrogens is 3. The second kappa shape index (κ2) is 10.3. The summed E-state index contributed by atoms with van der Waals surface area (Å²) in [4.78, 5) is 11.3. The zero-order valence-electron chi connectivity index (χ0n) is 17.3. The van der Waals surface area contributed by atoms with Gasteiger partial charge in [0.2, 0.25) is 0 Å². The summed E-state index contributed by atoms with van der Waals surface area (Å²) in [6, 6.07) is 16.4. The average molecular weight is 392 g/mol. The van der Waals surface area contributed by atoms with Gasteiger partial charge in [-0.25, -0.2) is 14.7 Å². The smallest absolute Gasteiger partial charge is 0.191 e. The standard InChI is InChI=1S/C22H29N7/c1-4-23-22(25-17-19-7-5-8-21(27-19)28(2)3)24-15-13-18-9-11-20(12-10-18)29-16-6-14-26-29/h5-12,14,16H,4,13,15,17H2,1-3H3,(H2,23,24,25). The number of rotatable bonds is 8. The highest BCUT2D eigenvalue weighted by atomic mass is 15.3. The first-order valence-corrected chi connectivity index (χ1v) is 9.90. The van der Waals surface area contributed by atoms with Gasteiger partial charge in [-0.15, -0.1) is 0 Å². The van der Waals surface area contributed by atoms with Gasteiger partial charge in [0, 0.05) is 39.6 Å². The van der Waals surface area contributed by atoms with Gasteiger partial charge in [-0.05, 0) is 49.2 Å². The van der Waals surface area contributed by atoms with Gasteiger partial charge in [0.25, 0.3) is 0 Å². The maximum absolute atomic E-state index is 4.67. The summed E-state index contributed by atoms with van der Waals surface area (Å²) in [6.45, 7) is 4.22. The van der Waals surface area contributed by atoms with E-state index in [1.807, 2.05) is 54.1 Å². The molecule has 2 N–H and O–H groups in total. The molecule has 3 rings (SSSR count). The molecule has 0 aliphatic heterocycles. The maximum Gasteiger partial charge on any atom is 0.191 e. The van der Waals surface area contributed by atoms with Crippen LogP contribution in [-0.4, -0.2) is 47.9 Å². The SMILES string of the molecule is CCNC(=NCc1cccc(N(C)C)n1)NCCc1ccc(-n2cccn2)cc1. The van der Waals surface area contributed by atoms with E-state index in [0.29, 0.717) is 6.54 Å². The predicted molar refractivity (Wildman–Crippen MR) is 119 cm³/mol. The Kier molecular flexibility index (Phi) is 7.22. The summed E-state index contributed by atoms with van der Waals surface area (Å²) in [6.07, 6.45) is 4.64. The van der Waals surface area contributed by atoms with Gasteiger partial charge in [0.05, 0.1) is 17.9 Å². The number of guanidine groups is 1. The third-order valence-electron chi connectivity index (χ3n) is 4.41. The van der Waals surface area contributed by atoms with E-state index in [1.54, 1.807) is 6.20 Å². The van der Waals surface area contributed by atoms with Crippen molar-refractivity contribution in [1.29, 1.82) is 0 Å². The molecule has 0 saturated carbocycles. The molecule has 3 aromatic rings. The molecule has 0 unspecified atom stereocenters. The molecule has 0 amide bonds. The summed E-state index contributed by atoms with van der Waals surface area (Å²) in [7, 11) is 3.98. The van der Waals surface area contributed by atoms with E-state index in [0.717, 1.165) is 42.7 Å². The monoisotopic (exact) mass is 391 g/mol. The molecule has 2 heterocycles. The van der Waals surface area contributed by atoms with Gasteiger partial charge in [-0.3, -0.25) is 0 Å². The van der Waals surface area contributed by atoms with E-state index in [9.17, 15) is 0 Å². The van der Waals surface area contributed by atoms with Gasteiger partial charge < -0.3 is 15.5 Å². The fraction of sp³-hybridized carbons (Fsp3) is 0.318. The number of hydrogen-bond donors (Lipinski definition) is 2. The van der Waals surface area contributed by atoms with Crippen molar-refractivity contribution in [2.45, 2.75) is 19.9 Å². The molecular weight excluding hydrogens is 362 g/mol. The molecule has 0 radical (unpaired) electrons. The number of nitrogens with one attached hydrogen (secondary N) is 2. The molecule has 1 aromatic carbocycles. The lowest BCUT2D eigenvalue weighted by molar-refractivity contribution is 0.795. The fourth-order valence-corrected chi connectivity index (χ4v) is 2.87. The van der Waals surface area contributed by atoms with Crippen LogP contribution in [0.4, 0.5) is 5.82 Å². The summed E-state index contributed by atoms with van der Waals surface area (Å²) in [5, 5.41) is 11.0. The van der Waals surface area contributed by atoms with Crippen LogP contribution in [0.2, 0.25) is 0 Å². The maximum atomic E-state index is 4.67. The second-order valence-corrected chi connectivity index (χ2v) is 6.87. The molecule has 29 heavy (non-hydrogen) atoms. The zero-order chi connectivity index (χ0) is 20.5. The van der Waals surface area contributed by atoms with Gasteiger partial charge in [-0.2, -0.15) is 5.10 Å². The highest BCUT2D eigenvalue weighted by Gasteiger charge is 2.02. The van der Waals surface area contributed by atoms with Crippen molar-refractivity contribution < 1.29 is 0 Å². The van der Waals surface area contributed by atoms with Gasteiger partial charge in [-0.1, -0.05) is 18.2 Å². The second-order valence-electron chi connectivity index (χ2n) is 6.87. The lowest BCUT2D eigenvalue weighted by atomic mass is 10.1. The lowest BCUT2D eigenvalue weighted by Gasteiger charge is -2.13. The average Bonchev–Trinajstić information content (AvgIpc) is 3.27. The molecule has 0 fully saturated rings.